The number of hydrogen-bond acceptors (Lipinski definition) is 4. The van der Waals surface area contributed by atoms with Gasteiger partial charge in [0.05, 0.1) is 5.92 Å². The number of carbonyl (C=O) groups excluding carboxylic acids is 1. The molecule has 0 bridgehead atoms. The van der Waals surface area contributed by atoms with Crippen molar-refractivity contribution in [3.8, 4) is 0 Å². The van der Waals surface area contributed by atoms with Crippen molar-refractivity contribution < 1.29 is 4.79 Å². The Balaban J connectivity index is 0.00000140. The van der Waals surface area contributed by atoms with Crippen LogP contribution >= 0.6 is 24.8 Å². The lowest BCUT2D eigenvalue weighted by Gasteiger charge is -2.21. The molecule has 3 heterocycles. The minimum Gasteiger partial charge on any atom is -0.384 e. The third-order valence-corrected chi connectivity index (χ3v) is 4.99. The van der Waals surface area contributed by atoms with Gasteiger partial charge >= 0.3 is 0 Å². The van der Waals surface area contributed by atoms with Gasteiger partial charge < -0.3 is 21.4 Å². The molecule has 0 spiro atoms. The lowest BCUT2D eigenvalue weighted by atomic mass is 9.98. The summed E-state index contributed by atoms with van der Waals surface area (Å²) in [6.45, 7) is 1.02. The third-order valence-electron chi connectivity index (χ3n) is 4.99. The number of benzene rings is 1. The number of anilines is 1. The van der Waals surface area contributed by atoms with Crippen LogP contribution in [0.1, 0.15) is 11.1 Å². The van der Waals surface area contributed by atoms with Gasteiger partial charge in [-0.25, -0.2) is 4.98 Å². The fourth-order valence-corrected chi connectivity index (χ4v) is 3.60. The molecule has 1 aromatic carbocycles. The Kier molecular flexibility index (Phi) is 7.69. The first-order valence-electron chi connectivity index (χ1n) is 8.98. The van der Waals surface area contributed by atoms with E-state index in [-0.39, 0.29) is 42.7 Å². The van der Waals surface area contributed by atoms with Gasteiger partial charge in [0.2, 0.25) is 5.91 Å². The molecule has 1 unspecified atom stereocenters. The molecule has 0 aliphatic carbocycles. The standard InChI is InChI=1S/C20H23N5O.2ClH/c21-10-16(8-13-4-2-1-3-5-13)25-20(26)15-9-14-11-24-19-18(14)17(23-12-15)6-7-22-19;;/h1-7,11,15-16,23H,8-10,12,21H2,(H,22,24)(H,25,26);2*1H/t15?,16-;;/m0../s1. The topological polar surface area (TPSA) is 95.8 Å². The van der Waals surface area contributed by atoms with Gasteiger partial charge in [0.15, 0.2) is 0 Å². The van der Waals surface area contributed by atoms with Crippen molar-refractivity contribution in [2.24, 2.45) is 11.7 Å². The van der Waals surface area contributed by atoms with Crippen LogP contribution in [0, 0.1) is 5.92 Å². The number of halogens is 2. The van der Waals surface area contributed by atoms with Crippen LogP contribution in [-0.4, -0.2) is 35.0 Å². The highest BCUT2D eigenvalue weighted by atomic mass is 35.5. The highest BCUT2D eigenvalue weighted by Gasteiger charge is 2.26. The molecule has 0 fully saturated rings. The van der Waals surface area contributed by atoms with E-state index in [0.717, 1.165) is 28.7 Å². The maximum absolute atomic E-state index is 12.9. The van der Waals surface area contributed by atoms with E-state index in [0.29, 0.717) is 19.5 Å². The van der Waals surface area contributed by atoms with Crippen molar-refractivity contribution >= 4 is 47.4 Å². The molecule has 5 N–H and O–H groups in total. The molecule has 150 valence electrons. The zero-order valence-corrected chi connectivity index (χ0v) is 17.0. The van der Waals surface area contributed by atoms with Crippen LogP contribution in [0.3, 0.4) is 0 Å². The maximum atomic E-state index is 12.9. The molecule has 8 heteroatoms. The fraction of sp³-hybridized carbons (Fsp3) is 0.300. The number of hydrogen-bond donors (Lipinski definition) is 4. The van der Waals surface area contributed by atoms with Crippen LogP contribution in [0.5, 0.6) is 0 Å². The van der Waals surface area contributed by atoms with Crippen molar-refractivity contribution in [2.75, 3.05) is 18.4 Å². The summed E-state index contributed by atoms with van der Waals surface area (Å²) in [5, 5.41) is 7.61. The molecular formula is C20H25Cl2N5O. The van der Waals surface area contributed by atoms with E-state index in [4.69, 9.17) is 5.73 Å². The second kappa shape index (κ2) is 9.78. The molecule has 3 aromatic rings. The second-order valence-corrected chi connectivity index (χ2v) is 6.81. The highest BCUT2D eigenvalue weighted by molar-refractivity contribution is 5.94. The highest BCUT2D eigenvalue weighted by Crippen LogP contribution is 2.30. The summed E-state index contributed by atoms with van der Waals surface area (Å²) in [5.74, 6) is -0.106. The molecule has 0 radical (unpaired) electrons. The lowest BCUT2D eigenvalue weighted by Crippen LogP contribution is -2.46. The molecular weight excluding hydrogens is 397 g/mol. The monoisotopic (exact) mass is 421 g/mol. The van der Waals surface area contributed by atoms with Gasteiger partial charge in [-0.15, -0.1) is 24.8 Å². The quantitative estimate of drug-likeness (QED) is 0.509. The van der Waals surface area contributed by atoms with Crippen LogP contribution in [0.25, 0.3) is 11.0 Å². The van der Waals surface area contributed by atoms with Crippen LogP contribution in [0.15, 0.2) is 48.8 Å². The molecule has 6 nitrogen and oxygen atoms in total. The smallest absolute Gasteiger partial charge is 0.225 e. The van der Waals surface area contributed by atoms with E-state index in [1.165, 1.54) is 5.56 Å². The third kappa shape index (κ3) is 4.58. The number of H-pyrrole nitrogens is 1. The van der Waals surface area contributed by atoms with E-state index in [1.807, 2.05) is 30.5 Å². The number of amides is 1. The SMILES string of the molecule is Cl.Cl.NC[C@H](Cc1ccccc1)NC(=O)C1CNc2ccnc3[nH]cc(c23)C1. The predicted octanol–water partition coefficient (Wildman–Crippen LogP) is 2.68. The Bertz CT molecular complexity index is 915. The first-order valence-corrected chi connectivity index (χ1v) is 8.98. The Morgan fingerprint density at radius 1 is 1.25 bits per heavy atom. The molecule has 2 aromatic heterocycles. The number of carbonyl (C=O) groups is 1. The first kappa shape index (κ1) is 22.0. The molecule has 2 atom stereocenters. The Morgan fingerprint density at radius 3 is 2.79 bits per heavy atom. The van der Waals surface area contributed by atoms with E-state index in [9.17, 15) is 4.79 Å². The minimum atomic E-state index is -0.147. The number of nitrogens with one attached hydrogen (secondary N) is 3. The largest absolute Gasteiger partial charge is 0.384 e. The summed E-state index contributed by atoms with van der Waals surface area (Å²) < 4.78 is 0. The first-order chi connectivity index (χ1) is 12.7. The summed E-state index contributed by atoms with van der Waals surface area (Å²) in [4.78, 5) is 20.4. The Morgan fingerprint density at radius 2 is 2.04 bits per heavy atom. The molecule has 1 aliphatic heterocycles. The molecule has 1 aliphatic rings. The molecule has 0 saturated heterocycles. The van der Waals surface area contributed by atoms with Crippen LogP contribution in [0.4, 0.5) is 5.69 Å². The van der Waals surface area contributed by atoms with Gasteiger partial charge in [-0.1, -0.05) is 30.3 Å². The summed E-state index contributed by atoms with van der Waals surface area (Å²) in [6, 6.07) is 12.0. The molecule has 28 heavy (non-hydrogen) atoms. The van der Waals surface area contributed by atoms with Gasteiger partial charge in [0, 0.05) is 42.6 Å². The minimum absolute atomic E-state index is 0. The van der Waals surface area contributed by atoms with E-state index in [1.54, 1.807) is 6.20 Å². The number of rotatable bonds is 5. The van der Waals surface area contributed by atoms with Crippen molar-refractivity contribution in [1.82, 2.24) is 15.3 Å². The summed E-state index contributed by atoms with van der Waals surface area (Å²) in [7, 11) is 0. The van der Waals surface area contributed by atoms with E-state index < -0.39 is 0 Å². The number of aromatic nitrogens is 2. The van der Waals surface area contributed by atoms with Gasteiger partial charge in [0.25, 0.3) is 0 Å². The maximum Gasteiger partial charge on any atom is 0.225 e. The number of nitrogens with two attached hydrogens (primary N) is 1. The lowest BCUT2D eigenvalue weighted by molar-refractivity contribution is -0.125. The average molecular weight is 422 g/mol. The van der Waals surface area contributed by atoms with Crippen LogP contribution in [0.2, 0.25) is 0 Å². The zero-order valence-electron chi connectivity index (χ0n) is 15.4. The van der Waals surface area contributed by atoms with Crippen molar-refractivity contribution in [3.05, 3.63) is 59.9 Å². The Labute approximate surface area is 176 Å². The average Bonchev–Trinajstić information content (AvgIpc) is 2.98. The second-order valence-electron chi connectivity index (χ2n) is 6.81. The fourth-order valence-electron chi connectivity index (χ4n) is 3.60. The predicted molar refractivity (Wildman–Crippen MR) is 117 cm³/mol. The molecule has 4 rings (SSSR count). The van der Waals surface area contributed by atoms with Gasteiger partial charge in [-0.3, -0.25) is 4.79 Å². The zero-order chi connectivity index (χ0) is 17.9. The van der Waals surface area contributed by atoms with Gasteiger partial charge in [0.1, 0.15) is 5.65 Å². The van der Waals surface area contributed by atoms with Crippen LogP contribution < -0.4 is 16.4 Å². The van der Waals surface area contributed by atoms with E-state index in [2.05, 4.69) is 32.7 Å². The van der Waals surface area contributed by atoms with Crippen molar-refractivity contribution in [1.29, 1.82) is 0 Å². The number of nitrogens with zero attached hydrogens (tertiary/aromatic N) is 1. The Hall–Kier alpha value is -2.28. The number of pyridine rings is 1. The van der Waals surface area contributed by atoms with Crippen molar-refractivity contribution in [2.45, 2.75) is 18.9 Å². The van der Waals surface area contributed by atoms with Gasteiger partial charge in [-0.2, -0.15) is 0 Å². The van der Waals surface area contributed by atoms with Crippen molar-refractivity contribution in [3.63, 3.8) is 0 Å². The number of aromatic amines is 1. The summed E-state index contributed by atoms with van der Waals surface area (Å²) in [6.07, 6.45) is 5.15. The summed E-state index contributed by atoms with van der Waals surface area (Å²) >= 11 is 0. The molecule has 0 saturated carbocycles. The van der Waals surface area contributed by atoms with E-state index >= 15 is 0 Å². The molecule has 1 amide bonds. The normalized spacial score (nSPS) is 16.1. The van der Waals surface area contributed by atoms with Gasteiger partial charge in [-0.05, 0) is 30.0 Å². The van der Waals surface area contributed by atoms with Crippen LogP contribution in [-0.2, 0) is 17.6 Å². The summed E-state index contributed by atoms with van der Waals surface area (Å²) in [5.41, 5.74) is 10.1.